The number of anilines is 1. The maximum absolute atomic E-state index is 14.6. The maximum atomic E-state index is 14.6. The number of aromatic amines is 1. The van der Waals surface area contributed by atoms with Crippen molar-refractivity contribution in [2.75, 3.05) is 5.73 Å². The van der Waals surface area contributed by atoms with E-state index in [4.69, 9.17) is 10.5 Å². The van der Waals surface area contributed by atoms with Crippen LogP contribution in [0.4, 0.5) is 10.2 Å². The molecule has 4 aromatic rings. The highest BCUT2D eigenvalue weighted by molar-refractivity contribution is 5.78. The Hall–Kier alpha value is -3.62. The van der Waals surface area contributed by atoms with Gasteiger partial charge < -0.3 is 10.5 Å². The fourth-order valence-electron chi connectivity index (χ4n) is 3.01. The zero-order valence-corrected chi connectivity index (χ0v) is 14.8. The Morgan fingerprint density at radius 2 is 2.00 bits per heavy atom. The Bertz CT molecular complexity index is 1150. The van der Waals surface area contributed by atoms with Gasteiger partial charge >= 0.3 is 0 Å². The fourth-order valence-corrected chi connectivity index (χ4v) is 3.01. The van der Waals surface area contributed by atoms with Crippen LogP contribution in [0.25, 0.3) is 22.3 Å². The molecule has 0 spiro atoms. The Kier molecular flexibility index (Phi) is 3.85. The molecule has 0 saturated heterocycles. The fraction of sp³-hybridized carbons (Fsp3) is 0.211. The van der Waals surface area contributed by atoms with E-state index in [1.165, 1.54) is 25.0 Å². The molecule has 0 aliphatic heterocycles. The van der Waals surface area contributed by atoms with Gasteiger partial charge in [0.25, 0.3) is 0 Å². The van der Waals surface area contributed by atoms with E-state index in [9.17, 15) is 4.39 Å². The number of pyridine rings is 3. The summed E-state index contributed by atoms with van der Waals surface area (Å²) in [5.74, 6) is 0.741. The first-order valence-electron chi connectivity index (χ1n) is 8.88. The van der Waals surface area contributed by atoms with Crippen LogP contribution in [0.5, 0.6) is 5.75 Å². The zero-order chi connectivity index (χ0) is 19.1. The molecule has 9 heteroatoms. The van der Waals surface area contributed by atoms with Crippen LogP contribution in [-0.2, 0) is 6.61 Å². The molecule has 1 saturated carbocycles. The van der Waals surface area contributed by atoms with Crippen molar-refractivity contribution >= 4 is 17.0 Å². The third-order valence-electron chi connectivity index (χ3n) is 4.68. The van der Waals surface area contributed by atoms with Gasteiger partial charge in [-0.3, -0.25) is 9.97 Å². The minimum absolute atomic E-state index is 0.0730. The number of aromatic nitrogens is 6. The molecule has 0 atom stereocenters. The van der Waals surface area contributed by atoms with Crippen molar-refractivity contribution < 1.29 is 9.13 Å². The van der Waals surface area contributed by atoms with Crippen molar-refractivity contribution in [3.8, 4) is 16.9 Å². The van der Waals surface area contributed by atoms with Crippen LogP contribution >= 0.6 is 0 Å². The number of hydrogen-bond acceptors (Lipinski definition) is 7. The molecular weight excluding hydrogens is 361 g/mol. The predicted molar refractivity (Wildman–Crippen MR) is 99.8 cm³/mol. The van der Waals surface area contributed by atoms with Crippen LogP contribution < -0.4 is 10.5 Å². The number of nitrogens with one attached hydrogen (secondary N) is 1. The smallest absolute Gasteiger partial charge is 0.181 e. The maximum Gasteiger partial charge on any atom is 0.181 e. The van der Waals surface area contributed by atoms with Crippen LogP contribution in [0.3, 0.4) is 0 Å². The number of hydrogen-bond donors (Lipinski definition) is 2. The molecule has 5 rings (SSSR count). The normalized spacial score (nSPS) is 13.8. The summed E-state index contributed by atoms with van der Waals surface area (Å²) in [6.07, 6.45) is 5.77. The summed E-state index contributed by atoms with van der Waals surface area (Å²) in [5, 5.41) is 10.2. The van der Waals surface area contributed by atoms with E-state index >= 15 is 0 Å². The van der Waals surface area contributed by atoms with Crippen LogP contribution in [-0.4, -0.2) is 30.4 Å². The van der Waals surface area contributed by atoms with E-state index in [1.54, 1.807) is 12.4 Å². The summed E-state index contributed by atoms with van der Waals surface area (Å²) >= 11 is 0. The van der Waals surface area contributed by atoms with Gasteiger partial charge in [0, 0.05) is 41.2 Å². The number of halogens is 1. The van der Waals surface area contributed by atoms with Crippen molar-refractivity contribution in [3.63, 3.8) is 0 Å². The molecule has 8 nitrogen and oxygen atoms in total. The summed E-state index contributed by atoms with van der Waals surface area (Å²) in [6.45, 7) is -0.0730. The Morgan fingerprint density at radius 3 is 2.75 bits per heavy atom. The van der Waals surface area contributed by atoms with Crippen LogP contribution in [0.1, 0.15) is 30.1 Å². The number of fused-ring (bicyclic) bond motifs is 1. The SMILES string of the molecule is Nc1cc(OCc2ncc(-c3ccc(C4CC4)nc3)cc2F)c2nn[nH]c2n1. The molecule has 1 fully saturated rings. The van der Waals surface area contributed by atoms with E-state index in [-0.39, 0.29) is 18.1 Å². The second-order valence-corrected chi connectivity index (χ2v) is 6.74. The lowest BCUT2D eigenvalue weighted by Gasteiger charge is -2.09. The zero-order valence-electron chi connectivity index (χ0n) is 14.8. The number of rotatable bonds is 5. The quantitative estimate of drug-likeness (QED) is 0.549. The number of nitrogens with zero attached hydrogens (tertiary/aromatic N) is 5. The van der Waals surface area contributed by atoms with Gasteiger partial charge in [0.2, 0.25) is 0 Å². The van der Waals surface area contributed by atoms with E-state index in [0.29, 0.717) is 28.4 Å². The highest BCUT2D eigenvalue weighted by atomic mass is 19.1. The summed E-state index contributed by atoms with van der Waals surface area (Å²) in [6, 6.07) is 6.91. The largest absolute Gasteiger partial charge is 0.485 e. The van der Waals surface area contributed by atoms with Gasteiger partial charge in [0.15, 0.2) is 16.9 Å². The van der Waals surface area contributed by atoms with E-state index in [0.717, 1.165) is 11.3 Å². The molecule has 140 valence electrons. The average Bonchev–Trinajstić information content (AvgIpc) is 3.45. The summed E-state index contributed by atoms with van der Waals surface area (Å²) in [5.41, 5.74) is 9.34. The Balaban J connectivity index is 1.35. The van der Waals surface area contributed by atoms with Gasteiger partial charge in [0.05, 0.1) is 0 Å². The predicted octanol–water partition coefficient (Wildman–Crippen LogP) is 2.99. The number of nitrogen functional groups attached to an aromatic ring is 1. The molecule has 4 heterocycles. The van der Waals surface area contributed by atoms with Crippen LogP contribution in [0.15, 0.2) is 36.7 Å². The molecular formula is C19H16FN7O. The lowest BCUT2D eigenvalue weighted by atomic mass is 10.1. The molecule has 4 aromatic heterocycles. The first-order valence-corrected chi connectivity index (χ1v) is 8.88. The Labute approximate surface area is 159 Å². The molecule has 0 unspecified atom stereocenters. The van der Waals surface area contributed by atoms with Gasteiger partial charge in [-0.25, -0.2) is 14.5 Å². The summed E-state index contributed by atoms with van der Waals surface area (Å²) in [4.78, 5) is 12.7. The van der Waals surface area contributed by atoms with Crippen molar-refractivity contribution in [1.29, 1.82) is 0 Å². The van der Waals surface area contributed by atoms with Crippen LogP contribution in [0, 0.1) is 5.82 Å². The van der Waals surface area contributed by atoms with Gasteiger partial charge in [-0.05, 0) is 25.0 Å². The molecule has 28 heavy (non-hydrogen) atoms. The summed E-state index contributed by atoms with van der Waals surface area (Å²) in [7, 11) is 0. The van der Waals surface area contributed by atoms with E-state index in [1.807, 2.05) is 12.1 Å². The molecule has 0 amide bonds. The molecule has 0 aromatic carbocycles. The lowest BCUT2D eigenvalue weighted by Crippen LogP contribution is -2.03. The second-order valence-electron chi connectivity index (χ2n) is 6.74. The van der Waals surface area contributed by atoms with Crippen molar-refractivity contribution in [3.05, 3.63) is 53.9 Å². The van der Waals surface area contributed by atoms with Crippen molar-refractivity contribution in [1.82, 2.24) is 30.4 Å². The topological polar surface area (TPSA) is 115 Å². The van der Waals surface area contributed by atoms with Gasteiger partial charge in [-0.1, -0.05) is 11.3 Å². The van der Waals surface area contributed by atoms with Crippen molar-refractivity contribution in [2.45, 2.75) is 25.4 Å². The lowest BCUT2D eigenvalue weighted by molar-refractivity contribution is 0.297. The monoisotopic (exact) mass is 377 g/mol. The van der Waals surface area contributed by atoms with Crippen molar-refractivity contribution in [2.24, 2.45) is 0 Å². The minimum atomic E-state index is -0.456. The van der Waals surface area contributed by atoms with E-state index in [2.05, 4.69) is 30.4 Å². The van der Waals surface area contributed by atoms with Gasteiger partial charge in [-0.2, -0.15) is 0 Å². The highest BCUT2D eigenvalue weighted by Crippen LogP contribution is 2.39. The van der Waals surface area contributed by atoms with Gasteiger partial charge in [-0.15, -0.1) is 5.10 Å². The number of H-pyrrole nitrogens is 1. The molecule has 0 radical (unpaired) electrons. The molecule has 1 aliphatic carbocycles. The second kappa shape index (κ2) is 6.52. The molecule has 0 bridgehead atoms. The number of ether oxygens (including phenoxy) is 1. The van der Waals surface area contributed by atoms with Gasteiger partial charge in [0.1, 0.15) is 23.9 Å². The third kappa shape index (κ3) is 3.11. The first-order chi connectivity index (χ1) is 13.7. The number of nitrogens with two attached hydrogens (primary N) is 1. The molecule has 1 aliphatic rings. The first kappa shape index (κ1) is 16.5. The minimum Gasteiger partial charge on any atom is -0.485 e. The highest BCUT2D eigenvalue weighted by Gasteiger charge is 2.24. The molecule has 3 N–H and O–H groups in total. The van der Waals surface area contributed by atoms with E-state index < -0.39 is 5.82 Å². The standard InChI is InChI=1S/C19H16FN7O/c20-13-5-12(11-3-4-14(22-7-11)10-1-2-10)8-23-15(13)9-28-16-6-17(21)24-19-18(16)25-27-26-19/h3-8,10H,1-2,9H2,(H3,21,24,25,26,27). The average molecular weight is 377 g/mol. The Morgan fingerprint density at radius 1 is 1.14 bits per heavy atom. The summed E-state index contributed by atoms with van der Waals surface area (Å²) < 4.78 is 20.2. The third-order valence-corrected chi connectivity index (χ3v) is 4.68. The van der Waals surface area contributed by atoms with Crippen LogP contribution in [0.2, 0.25) is 0 Å².